The standard InChI is InChI=1S/C24H29N7O4/c25-21-23(30-26)28-22(29-24(21)34)18-7-6-16(13-19(18)35-11-10-31-8-1-2-9-31)15-4-3-5-17(12-15)27-14-20(32)33/h3-7,12-13,27H,1-2,8-11,14,25-26H2,(H,32,33)(H2,28,29,30,34). The summed E-state index contributed by atoms with van der Waals surface area (Å²) in [6.45, 7) is 3.20. The van der Waals surface area contributed by atoms with Gasteiger partial charge in [-0.3, -0.25) is 14.5 Å². The van der Waals surface area contributed by atoms with Gasteiger partial charge in [-0.2, -0.15) is 0 Å². The third-order valence-corrected chi connectivity index (χ3v) is 5.83. The molecular formula is C24H29N7O4. The smallest absolute Gasteiger partial charge is 0.322 e. The van der Waals surface area contributed by atoms with Crippen LogP contribution in [0.3, 0.4) is 0 Å². The number of carboxylic acids is 1. The molecule has 0 amide bonds. The zero-order valence-electron chi connectivity index (χ0n) is 19.2. The van der Waals surface area contributed by atoms with Crippen molar-refractivity contribution in [1.29, 1.82) is 0 Å². The molecule has 1 aliphatic heterocycles. The van der Waals surface area contributed by atoms with Gasteiger partial charge in [0.25, 0.3) is 5.56 Å². The van der Waals surface area contributed by atoms with Gasteiger partial charge in [0, 0.05) is 12.2 Å². The quantitative estimate of drug-likeness (QED) is 0.186. The van der Waals surface area contributed by atoms with Crippen LogP contribution in [-0.2, 0) is 4.79 Å². The highest BCUT2D eigenvalue weighted by Gasteiger charge is 2.16. The summed E-state index contributed by atoms with van der Waals surface area (Å²) in [6.07, 6.45) is 2.39. The van der Waals surface area contributed by atoms with Gasteiger partial charge < -0.3 is 31.3 Å². The number of carboxylic acid groups (broad SMARTS) is 1. The maximum absolute atomic E-state index is 12.3. The van der Waals surface area contributed by atoms with Crippen LogP contribution >= 0.6 is 0 Å². The molecule has 1 fully saturated rings. The van der Waals surface area contributed by atoms with Crippen molar-refractivity contribution in [3.63, 3.8) is 0 Å². The fraction of sp³-hybridized carbons (Fsp3) is 0.292. The molecule has 8 N–H and O–H groups in total. The fourth-order valence-corrected chi connectivity index (χ4v) is 4.01. The SMILES string of the molecule is NNc1nc(-c2ccc(-c3cccc(NCC(=O)O)c3)cc2OCCN2CCCC2)[nH]c(=O)c1N. The second kappa shape index (κ2) is 10.9. The number of likely N-dealkylation sites (tertiary alicyclic amines) is 1. The first kappa shape index (κ1) is 24.0. The van der Waals surface area contributed by atoms with E-state index in [1.165, 1.54) is 12.8 Å². The number of nitrogens with one attached hydrogen (secondary N) is 3. The molecule has 0 spiro atoms. The topological polar surface area (TPSA) is 172 Å². The lowest BCUT2D eigenvalue weighted by molar-refractivity contribution is -0.134. The first-order valence-corrected chi connectivity index (χ1v) is 11.4. The molecule has 0 radical (unpaired) electrons. The number of nitrogens with zero attached hydrogens (tertiary/aromatic N) is 2. The summed E-state index contributed by atoms with van der Waals surface area (Å²) in [5.41, 5.74) is 10.5. The van der Waals surface area contributed by atoms with Gasteiger partial charge in [0.1, 0.15) is 30.4 Å². The van der Waals surface area contributed by atoms with Crippen molar-refractivity contribution in [3.05, 3.63) is 52.8 Å². The minimum Gasteiger partial charge on any atom is -0.491 e. The van der Waals surface area contributed by atoms with Crippen LogP contribution in [0.1, 0.15) is 12.8 Å². The number of nitrogens with two attached hydrogens (primary N) is 2. The van der Waals surface area contributed by atoms with E-state index in [0.717, 1.165) is 30.8 Å². The van der Waals surface area contributed by atoms with Gasteiger partial charge in [0.2, 0.25) is 0 Å². The summed E-state index contributed by atoms with van der Waals surface area (Å²) >= 11 is 0. The van der Waals surface area contributed by atoms with E-state index in [1.54, 1.807) is 6.07 Å². The van der Waals surface area contributed by atoms with Gasteiger partial charge in [-0.1, -0.05) is 18.2 Å². The Kier molecular flexibility index (Phi) is 7.48. The van der Waals surface area contributed by atoms with Gasteiger partial charge in [-0.15, -0.1) is 0 Å². The summed E-state index contributed by atoms with van der Waals surface area (Å²) in [4.78, 5) is 32.6. The van der Waals surface area contributed by atoms with E-state index >= 15 is 0 Å². The van der Waals surface area contributed by atoms with Crippen LogP contribution < -0.4 is 32.6 Å². The van der Waals surface area contributed by atoms with E-state index in [2.05, 4.69) is 25.6 Å². The number of rotatable bonds is 10. The predicted molar refractivity (Wildman–Crippen MR) is 135 cm³/mol. The lowest BCUT2D eigenvalue weighted by atomic mass is 10.0. The zero-order valence-corrected chi connectivity index (χ0v) is 19.2. The number of hydrogen-bond acceptors (Lipinski definition) is 9. The lowest BCUT2D eigenvalue weighted by Crippen LogP contribution is -2.25. The van der Waals surface area contributed by atoms with E-state index in [-0.39, 0.29) is 23.9 Å². The summed E-state index contributed by atoms with van der Waals surface area (Å²) in [5, 5.41) is 11.8. The molecule has 1 aliphatic rings. The molecule has 0 unspecified atom stereocenters. The first-order valence-electron chi connectivity index (χ1n) is 11.4. The number of H-pyrrole nitrogens is 1. The van der Waals surface area contributed by atoms with Gasteiger partial charge in [0.05, 0.1) is 5.56 Å². The molecule has 184 valence electrons. The van der Waals surface area contributed by atoms with Crippen molar-refractivity contribution in [2.24, 2.45) is 5.84 Å². The van der Waals surface area contributed by atoms with Crippen LogP contribution in [0.5, 0.6) is 5.75 Å². The highest BCUT2D eigenvalue weighted by atomic mass is 16.5. The Balaban J connectivity index is 1.67. The predicted octanol–water partition coefficient (Wildman–Crippen LogP) is 1.94. The fourth-order valence-electron chi connectivity index (χ4n) is 4.01. The van der Waals surface area contributed by atoms with E-state index in [0.29, 0.717) is 23.6 Å². The van der Waals surface area contributed by atoms with Crippen LogP contribution in [0.2, 0.25) is 0 Å². The summed E-state index contributed by atoms with van der Waals surface area (Å²) < 4.78 is 6.19. The van der Waals surface area contributed by atoms with Crippen LogP contribution in [0.25, 0.3) is 22.5 Å². The summed E-state index contributed by atoms with van der Waals surface area (Å²) in [5.74, 6) is 5.44. The van der Waals surface area contributed by atoms with E-state index in [1.807, 2.05) is 36.4 Å². The van der Waals surface area contributed by atoms with E-state index in [4.69, 9.17) is 21.4 Å². The van der Waals surface area contributed by atoms with Crippen molar-refractivity contribution >= 4 is 23.2 Å². The Morgan fingerprint density at radius 1 is 1.17 bits per heavy atom. The van der Waals surface area contributed by atoms with Crippen LogP contribution in [-0.4, -0.2) is 58.7 Å². The first-order chi connectivity index (χ1) is 16.9. The number of anilines is 3. The molecule has 2 heterocycles. The van der Waals surface area contributed by atoms with Crippen LogP contribution in [0.15, 0.2) is 47.3 Å². The third-order valence-electron chi connectivity index (χ3n) is 5.83. The van der Waals surface area contributed by atoms with E-state index < -0.39 is 11.5 Å². The molecule has 0 saturated carbocycles. The lowest BCUT2D eigenvalue weighted by Gasteiger charge is -2.18. The Bertz CT molecular complexity index is 1250. The van der Waals surface area contributed by atoms with Crippen LogP contribution in [0.4, 0.5) is 17.2 Å². The minimum absolute atomic E-state index is 0.0769. The average molecular weight is 480 g/mol. The van der Waals surface area contributed by atoms with Crippen molar-refractivity contribution in [3.8, 4) is 28.3 Å². The van der Waals surface area contributed by atoms with Gasteiger partial charge in [-0.25, -0.2) is 10.8 Å². The zero-order chi connectivity index (χ0) is 24.8. The molecule has 3 aromatic rings. The molecule has 0 atom stereocenters. The Morgan fingerprint density at radius 2 is 1.94 bits per heavy atom. The second-order valence-electron chi connectivity index (χ2n) is 8.26. The molecule has 1 saturated heterocycles. The van der Waals surface area contributed by atoms with Gasteiger partial charge in [-0.05, 0) is 61.3 Å². The van der Waals surface area contributed by atoms with Gasteiger partial charge in [0.15, 0.2) is 5.82 Å². The number of benzene rings is 2. The molecule has 2 aromatic carbocycles. The molecule has 0 aliphatic carbocycles. The molecule has 11 heteroatoms. The molecule has 4 rings (SSSR count). The second-order valence-corrected chi connectivity index (χ2v) is 8.26. The average Bonchev–Trinajstić information content (AvgIpc) is 3.38. The molecular weight excluding hydrogens is 450 g/mol. The molecule has 35 heavy (non-hydrogen) atoms. The number of aromatic amines is 1. The van der Waals surface area contributed by atoms with Crippen molar-refractivity contribution in [2.75, 3.05) is 49.3 Å². The molecule has 1 aromatic heterocycles. The number of nitrogen functional groups attached to an aromatic ring is 2. The van der Waals surface area contributed by atoms with Gasteiger partial charge >= 0.3 is 5.97 Å². The number of aromatic nitrogens is 2. The van der Waals surface area contributed by atoms with Crippen molar-refractivity contribution in [1.82, 2.24) is 14.9 Å². The van der Waals surface area contributed by atoms with E-state index in [9.17, 15) is 9.59 Å². The number of carbonyl (C=O) groups is 1. The monoisotopic (exact) mass is 479 g/mol. The minimum atomic E-state index is -0.940. The number of hydrazine groups is 1. The maximum atomic E-state index is 12.3. The normalized spacial score (nSPS) is 13.5. The number of aliphatic carboxylic acids is 1. The number of ether oxygens (including phenoxy) is 1. The maximum Gasteiger partial charge on any atom is 0.322 e. The molecule has 0 bridgehead atoms. The highest BCUT2D eigenvalue weighted by molar-refractivity contribution is 5.77. The Labute approximate surface area is 202 Å². The Morgan fingerprint density at radius 3 is 2.69 bits per heavy atom. The van der Waals surface area contributed by atoms with Crippen molar-refractivity contribution in [2.45, 2.75) is 12.8 Å². The summed E-state index contributed by atoms with van der Waals surface area (Å²) in [6, 6.07) is 13.0. The Hall–Kier alpha value is -4.09. The summed E-state index contributed by atoms with van der Waals surface area (Å²) in [7, 11) is 0. The number of hydrogen-bond donors (Lipinski definition) is 6. The highest BCUT2D eigenvalue weighted by Crippen LogP contribution is 2.34. The largest absolute Gasteiger partial charge is 0.491 e. The third kappa shape index (κ3) is 5.89. The van der Waals surface area contributed by atoms with Crippen molar-refractivity contribution < 1.29 is 14.6 Å². The molecule has 11 nitrogen and oxygen atoms in total. The van der Waals surface area contributed by atoms with Crippen LogP contribution in [0, 0.1) is 0 Å².